The monoisotopic (exact) mass is 362 g/mol. The van der Waals surface area contributed by atoms with Crippen LogP contribution in [0.1, 0.15) is 23.9 Å². The molecule has 0 saturated heterocycles. The molecule has 2 rings (SSSR count). The molecule has 2 N–H and O–H groups in total. The highest BCUT2D eigenvalue weighted by molar-refractivity contribution is 5.95. The van der Waals surface area contributed by atoms with Crippen molar-refractivity contribution in [2.45, 2.75) is 20.0 Å². The van der Waals surface area contributed by atoms with Gasteiger partial charge in [-0.25, -0.2) is 9.97 Å². The van der Waals surface area contributed by atoms with E-state index in [2.05, 4.69) is 27.1 Å². The second kappa shape index (κ2) is 7.65. The van der Waals surface area contributed by atoms with Crippen molar-refractivity contribution in [1.82, 2.24) is 9.97 Å². The zero-order chi connectivity index (χ0) is 19.3. The molecule has 0 aliphatic heterocycles. The molecule has 0 bridgehead atoms. The van der Waals surface area contributed by atoms with Gasteiger partial charge in [-0.1, -0.05) is 5.92 Å². The largest absolute Gasteiger partial charge is 0.471 e. The molecule has 0 spiro atoms. The van der Waals surface area contributed by atoms with Gasteiger partial charge in [-0.05, 0) is 37.1 Å². The summed E-state index contributed by atoms with van der Waals surface area (Å²) in [6.45, 7) is 2.97. The smallest absolute Gasteiger partial charge is 0.316 e. The molecule has 0 aromatic carbocycles. The molecule has 0 atom stereocenters. The number of anilines is 2. The first-order valence-corrected chi connectivity index (χ1v) is 7.26. The summed E-state index contributed by atoms with van der Waals surface area (Å²) >= 11 is 0. The molecule has 0 aliphatic rings. The van der Waals surface area contributed by atoms with Gasteiger partial charge < -0.3 is 10.6 Å². The van der Waals surface area contributed by atoms with Crippen LogP contribution in [0.3, 0.4) is 0 Å². The number of alkyl halides is 3. The number of carbonyl (C=O) groups is 2. The topological polar surface area (TPSA) is 84.0 Å². The predicted octanol–water partition coefficient (Wildman–Crippen LogP) is 2.64. The van der Waals surface area contributed by atoms with E-state index in [1.165, 1.54) is 31.3 Å². The van der Waals surface area contributed by atoms with Crippen molar-refractivity contribution in [3.8, 4) is 11.8 Å². The van der Waals surface area contributed by atoms with Gasteiger partial charge in [-0.15, -0.1) is 0 Å². The van der Waals surface area contributed by atoms with Gasteiger partial charge in [0.05, 0.1) is 5.69 Å². The van der Waals surface area contributed by atoms with Gasteiger partial charge in [-0.2, -0.15) is 13.2 Å². The number of aryl methyl sites for hydroxylation is 1. The van der Waals surface area contributed by atoms with Crippen molar-refractivity contribution in [2.75, 3.05) is 10.6 Å². The minimum Gasteiger partial charge on any atom is -0.316 e. The van der Waals surface area contributed by atoms with Gasteiger partial charge in [0.15, 0.2) is 0 Å². The molecule has 2 heterocycles. The van der Waals surface area contributed by atoms with Crippen LogP contribution < -0.4 is 10.6 Å². The lowest BCUT2D eigenvalue weighted by molar-refractivity contribution is -0.167. The maximum atomic E-state index is 12.4. The fourth-order valence-corrected chi connectivity index (χ4v) is 1.83. The van der Waals surface area contributed by atoms with Gasteiger partial charge in [0.1, 0.15) is 11.5 Å². The summed E-state index contributed by atoms with van der Waals surface area (Å²) in [5, 5.41) is 4.24. The van der Waals surface area contributed by atoms with Crippen LogP contribution in [-0.4, -0.2) is 28.0 Å². The summed E-state index contributed by atoms with van der Waals surface area (Å²) in [5.74, 6) is 3.21. The van der Waals surface area contributed by atoms with E-state index in [9.17, 15) is 22.8 Å². The van der Waals surface area contributed by atoms with E-state index in [1.54, 1.807) is 18.3 Å². The summed E-state index contributed by atoms with van der Waals surface area (Å²) in [6, 6.07) is 5.81. The molecule has 0 saturated carbocycles. The third kappa shape index (κ3) is 5.31. The quantitative estimate of drug-likeness (QED) is 0.805. The highest BCUT2D eigenvalue weighted by Crippen LogP contribution is 2.20. The van der Waals surface area contributed by atoms with Crippen molar-refractivity contribution in [3.63, 3.8) is 0 Å². The molecular weight excluding hydrogens is 349 g/mol. The number of rotatable bonds is 2. The Morgan fingerprint density at radius 1 is 1.12 bits per heavy atom. The van der Waals surface area contributed by atoms with Crippen molar-refractivity contribution >= 4 is 23.3 Å². The summed E-state index contributed by atoms with van der Waals surface area (Å²) in [7, 11) is 0. The number of nitrogens with zero attached hydrogens (tertiary/aromatic N) is 2. The molecule has 26 heavy (non-hydrogen) atoms. The number of halogens is 3. The lowest BCUT2D eigenvalue weighted by Crippen LogP contribution is -2.30. The standard InChI is InChI=1S/C17H13F3N4O2/c1-10-3-5-14(24-16(26)17(18,19)20)13(22-10)6-4-12-7-8-21-15(9-12)23-11(2)25/h3,5,7-9H,1-2H3,(H,24,26)(H,21,23,25). The van der Waals surface area contributed by atoms with Gasteiger partial charge in [0, 0.05) is 24.4 Å². The van der Waals surface area contributed by atoms with Crippen LogP contribution in [0.2, 0.25) is 0 Å². The molecule has 0 unspecified atom stereocenters. The molecule has 0 aliphatic carbocycles. The average Bonchev–Trinajstić information content (AvgIpc) is 2.53. The Morgan fingerprint density at radius 2 is 1.85 bits per heavy atom. The van der Waals surface area contributed by atoms with Crippen molar-refractivity contribution < 1.29 is 22.8 Å². The highest BCUT2D eigenvalue weighted by Gasteiger charge is 2.39. The van der Waals surface area contributed by atoms with Crippen LogP contribution >= 0.6 is 0 Å². The molecule has 6 nitrogen and oxygen atoms in total. The predicted molar refractivity (Wildman–Crippen MR) is 88.2 cm³/mol. The van der Waals surface area contributed by atoms with Gasteiger partial charge in [-0.3, -0.25) is 9.59 Å². The van der Waals surface area contributed by atoms with Gasteiger partial charge >= 0.3 is 12.1 Å². The van der Waals surface area contributed by atoms with Crippen LogP contribution in [0.4, 0.5) is 24.7 Å². The van der Waals surface area contributed by atoms with Crippen molar-refractivity contribution in [2.24, 2.45) is 0 Å². The normalized spacial score (nSPS) is 10.5. The first-order valence-electron chi connectivity index (χ1n) is 7.26. The summed E-state index contributed by atoms with van der Waals surface area (Å²) in [5.41, 5.74) is 0.815. The minimum absolute atomic E-state index is 0.0134. The number of pyridine rings is 2. The van der Waals surface area contributed by atoms with Crippen LogP contribution in [0.15, 0.2) is 30.5 Å². The minimum atomic E-state index is -5.02. The molecule has 134 valence electrons. The molecule has 2 aromatic rings. The van der Waals surface area contributed by atoms with Gasteiger partial charge in [0.25, 0.3) is 0 Å². The first-order chi connectivity index (χ1) is 12.1. The summed E-state index contributed by atoms with van der Waals surface area (Å²) in [6.07, 6.45) is -3.60. The maximum Gasteiger partial charge on any atom is 0.471 e. The Kier molecular flexibility index (Phi) is 5.57. The van der Waals surface area contributed by atoms with E-state index in [0.717, 1.165) is 0 Å². The SMILES string of the molecule is CC(=O)Nc1cc(C#Cc2nc(C)ccc2NC(=O)C(F)(F)F)ccn1. The molecule has 2 amide bonds. The van der Waals surface area contributed by atoms with Crippen LogP contribution in [0, 0.1) is 18.8 Å². The Labute approximate surface area is 146 Å². The fraction of sp³-hybridized carbons (Fsp3) is 0.176. The van der Waals surface area contributed by atoms with E-state index in [4.69, 9.17) is 0 Å². The molecular formula is C17H13F3N4O2. The number of amides is 2. The third-order valence-corrected chi connectivity index (χ3v) is 2.93. The maximum absolute atomic E-state index is 12.4. The number of aromatic nitrogens is 2. The fourth-order valence-electron chi connectivity index (χ4n) is 1.83. The number of nitrogens with one attached hydrogen (secondary N) is 2. The van der Waals surface area contributed by atoms with E-state index < -0.39 is 12.1 Å². The molecule has 2 aromatic heterocycles. The molecule has 9 heteroatoms. The Balaban J connectivity index is 2.33. The van der Waals surface area contributed by atoms with Crippen LogP contribution in [-0.2, 0) is 9.59 Å². The average molecular weight is 362 g/mol. The lowest BCUT2D eigenvalue weighted by atomic mass is 10.2. The summed E-state index contributed by atoms with van der Waals surface area (Å²) < 4.78 is 37.3. The zero-order valence-corrected chi connectivity index (χ0v) is 13.7. The third-order valence-electron chi connectivity index (χ3n) is 2.93. The van der Waals surface area contributed by atoms with Crippen molar-refractivity contribution in [3.05, 3.63) is 47.4 Å². The zero-order valence-electron chi connectivity index (χ0n) is 13.7. The van der Waals surface area contributed by atoms with Crippen LogP contribution in [0.25, 0.3) is 0 Å². The number of carbonyl (C=O) groups excluding carboxylic acids is 2. The van der Waals surface area contributed by atoms with E-state index in [0.29, 0.717) is 11.3 Å². The Hall–Kier alpha value is -3.41. The van der Waals surface area contributed by atoms with E-state index in [-0.39, 0.29) is 23.1 Å². The summed E-state index contributed by atoms with van der Waals surface area (Å²) in [4.78, 5) is 30.2. The van der Waals surface area contributed by atoms with E-state index in [1.807, 2.05) is 0 Å². The highest BCUT2D eigenvalue weighted by atomic mass is 19.4. The second-order valence-electron chi connectivity index (χ2n) is 5.16. The Morgan fingerprint density at radius 3 is 2.50 bits per heavy atom. The lowest BCUT2D eigenvalue weighted by Gasteiger charge is -2.09. The van der Waals surface area contributed by atoms with Crippen LogP contribution in [0.5, 0.6) is 0 Å². The molecule has 0 fully saturated rings. The number of hydrogen-bond acceptors (Lipinski definition) is 4. The molecule has 0 radical (unpaired) electrons. The number of hydrogen-bond donors (Lipinski definition) is 2. The van der Waals surface area contributed by atoms with E-state index >= 15 is 0 Å². The van der Waals surface area contributed by atoms with Crippen molar-refractivity contribution in [1.29, 1.82) is 0 Å². The first kappa shape index (κ1) is 18.9. The Bertz CT molecular complexity index is 914. The second-order valence-corrected chi connectivity index (χ2v) is 5.16. The van der Waals surface area contributed by atoms with Gasteiger partial charge in [0.2, 0.25) is 5.91 Å².